The number of aromatic nitrogens is 3. The fraction of sp³-hybridized carbons (Fsp3) is 0.0714. The van der Waals surface area contributed by atoms with Gasteiger partial charge in [0.15, 0.2) is 5.82 Å². The average molecular weight is 434 g/mol. The summed E-state index contributed by atoms with van der Waals surface area (Å²) in [5, 5.41) is 11.7. The summed E-state index contributed by atoms with van der Waals surface area (Å²) in [4.78, 5) is 0. The van der Waals surface area contributed by atoms with Gasteiger partial charge in [0, 0.05) is 10.0 Å². The average Bonchev–Trinajstić information content (AvgIpc) is 3.10. The van der Waals surface area contributed by atoms with Gasteiger partial charge in [0.05, 0.1) is 6.21 Å². The van der Waals surface area contributed by atoms with Gasteiger partial charge in [0.1, 0.15) is 11.5 Å². The molecule has 24 heavy (non-hydrogen) atoms. The first kappa shape index (κ1) is 20.0. The molecule has 2 heterocycles. The summed E-state index contributed by atoms with van der Waals surface area (Å²) in [6.07, 6.45) is 1.55. The minimum atomic E-state index is 0. The van der Waals surface area contributed by atoms with Crippen LogP contribution >= 0.6 is 40.7 Å². The summed E-state index contributed by atoms with van der Waals surface area (Å²) >= 11 is 3.40. The number of aryl methyl sites for hydroxylation is 1. The van der Waals surface area contributed by atoms with Crippen molar-refractivity contribution in [3.8, 4) is 11.3 Å². The molecule has 0 aliphatic rings. The van der Waals surface area contributed by atoms with Gasteiger partial charge in [-0.2, -0.15) is 5.10 Å². The molecule has 0 spiro atoms. The maximum atomic E-state index is 5.70. The first-order valence-corrected chi connectivity index (χ1v) is 7.25. The highest BCUT2D eigenvalue weighted by atomic mass is 79.9. The van der Waals surface area contributed by atoms with Crippen LogP contribution in [-0.4, -0.2) is 21.1 Å². The molecule has 0 aliphatic heterocycles. The Balaban J connectivity index is 0.00000144. The van der Waals surface area contributed by atoms with Crippen molar-refractivity contribution in [2.45, 2.75) is 6.92 Å². The SMILES string of the molecule is Cc1nnc(N/N=C/c2ccc(-c3ccc(Br)cc3)o2)n1N.Cl.Cl. The van der Waals surface area contributed by atoms with Crippen molar-refractivity contribution in [2.75, 3.05) is 11.3 Å². The summed E-state index contributed by atoms with van der Waals surface area (Å²) in [5.41, 5.74) is 3.70. The molecule has 3 rings (SSSR count). The number of nitrogens with two attached hydrogens (primary N) is 1. The first-order chi connectivity index (χ1) is 10.6. The van der Waals surface area contributed by atoms with Crippen molar-refractivity contribution in [3.05, 3.63) is 52.5 Å². The number of hydrogen-bond donors (Lipinski definition) is 2. The normalized spacial score (nSPS) is 10.2. The molecule has 0 atom stereocenters. The van der Waals surface area contributed by atoms with Gasteiger partial charge in [-0.15, -0.1) is 35.0 Å². The molecule has 2 aromatic heterocycles. The molecule has 3 N–H and O–H groups in total. The summed E-state index contributed by atoms with van der Waals surface area (Å²) in [7, 11) is 0. The van der Waals surface area contributed by atoms with E-state index in [1.807, 2.05) is 36.4 Å². The number of nitrogen functional groups attached to an aromatic ring is 1. The van der Waals surface area contributed by atoms with Crippen LogP contribution in [0.4, 0.5) is 5.95 Å². The van der Waals surface area contributed by atoms with Gasteiger partial charge in [-0.3, -0.25) is 0 Å². The van der Waals surface area contributed by atoms with Gasteiger partial charge >= 0.3 is 0 Å². The molecule has 0 unspecified atom stereocenters. The number of anilines is 1. The second kappa shape index (κ2) is 8.72. The molecular formula is C14H15BrCl2N6O. The number of nitrogens with zero attached hydrogens (tertiary/aromatic N) is 4. The fourth-order valence-corrected chi connectivity index (χ4v) is 2.06. The molecule has 0 bridgehead atoms. The van der Waals surface area contributed by atoms with Crippen molar-refractivity contribution >= 4 is 52.9 Å². The largest absolute Gasteiger partial charge is 0.455 e. The van der Waals surface area contributed by atoms with Crippen LogP contribution in [0.2, 0.25) is 0 Å². The molecular weight excluding hydrogens is 419 g/mol. The van der Waals surface area contributed by atoms with Crippen molar-refractivity contribution in [2.24, 2.45) is 5.10 Å². The van der Waals surface area contributed by atoms with E-state index in [1.165, 1.54) is 4.68 Å². The summed E-state index contributed by atoms with van der Waals surface area (Å²) in [6, 6.07) is 11.6. The Morgan fingerprint density at radius 3 is 2.50 bits per heavy atom. The fourth-order valence-electron chi connectivity index (χ4n) is 1.79. The van der Waals surface area contributed by atoms with Gasteiger partial charge in [-0.25, -0.2) is 10.1 Å². The van der Waals surface area contributed by atoms with Crippen LogP contribution in [-0.2, 0) is 0 Å². The third kappa shape index (κ3) is 4.50. The van der Waals surface area contributed by atoms with Crippen LogP contribution in [0.1, 0.15) is 11.6 Å². The molecule has 0 fully saturated rings. The van der Waals surface area contributed by atoms with E-state index < -0.39 is 0 Å². The summed E-state index contributed by atoms with van der Waals surface area (Å²) in [6.45, 7) is 1.75. The molecule has 0 amide bonds. The molecule has 128 valence electrons. The van der Waals surface area contributed by atoms with E-state index in [2.05, 4.69) is 36.7 Å². The van der Waals surface area contributed by atoms with E-state index in [1.54, 1.807) is 13.1 Å². The molecule has 0 saturated heterocycles. The van der Waals surface area contributed by atoms with Crippen LogP contribution < -0.4 is 11.3 Å². The Morgan fingerprint density at radius 2 is 1.88 bits per heavy atom. The first-order valence-electron chi connectivity index (χ1n) is 6.45. The van der Waals surface area contributed by atoms with Gasteiger partial charge in [-0.1, -0.05) is 28.1 Å². The Kier molecular flexibility index (Phi) is 7.27. The second-order valence-electron chi connectivity index (χ2n) is 4.52. The van der Waals surface area contributed by atoms with Gasteiger partial charge in [-0.05, 0) is 31.2 Å². The van der Waals surface area contributed by atoms with Crippen LogP contribution in [0.3, 0.4) is 0 Å². The lowest BCUT2D eigenvalue weighted by Crippen LogP contribution is -2.13. The Labute approximate surface area is 159 Å². The smallest absolute Gasteiger partial charge is 0.263 e. The molecule has 1 aromatic carbocycles. The predicted molar refractivity (Wildman–Crippen MR) is 102 cm³/mol. The van der Waals surface area contributed by atoms with E-state index in [4.69, 9.17) is 10.3 Å². The third-order valence-electron chi connectivity index (χ3n) is 2.98. The van der Waals surface area contributed by atoms with Crippen molar-refractivity contribution < 1.29 is 4.42 Å². The van der Waals surface area contributed by atoms with Crippen LogP contribution in [0, 0.1) is 6.92 Å². The lowest BCUT2D eigenvalue weighted by atomic mass is 10.2. The van der Waals surface area contributed by atoms with E-state index in [0.717, 1.165) is 15.8 Å². The highest BCUT2D eigenvalue weighted by molar-refractivity contribution is 9.10. The molecule has 0 saturated carbocycles. The lowest BCUT2D eigenvalue weighted by molar-refractivity contribution is 0.575. The van der Waals surface area contributed by atoms with E-state index in [-0.39, 0.29) is 24.8 Å². The van der Waals surface area contributed by atoms with Crippen molar-refractivity contribution in [3.63, 3.8) is 0 Å². The third-order valence-corrected chi connectivity index (χ3v) is 3.51. The molecule has 10 heteroatoms. The minimum absolute atomic E-state index is 0. The highest BCUT2D eigenvalue weighted by Gasteiger charge is 2.05. The topological polar surface area (TPSA) is 94.3 Å². The number of halogens is 3. The zero-order valence-corrected chi connectivity index (χ0v) is 15.7. The molecule has 7 nitrogen and oxygen atoms in total. The second-order valence-corrected chi connectivity index (χ2v) is 5.44. The monoisotopic (exact) mass is 432 g/mol. The number of hydrazone groups is 1. The minimum Gasteiger partial charge on any atom is -0.455 e. The number of nitrogens with one attached hydrogen (secondary N) is 1. The number of benzene rings is 1. The summed E-state index contributed by atoms with van der Waals surface area (Å²) < 4.78 is 8.04. The van der Waals surface area contributed by atoms with Crippen molar-refractivity contribution in [1.29, 1.82) is 0 Å². The maximum absolute atomic E-state index is 5.70. The van der Waals surface area contributed by atoms with Gasteiger partial charge in [0.2, 0.25) is 0 Å². The Morgan fingerprint density at radius 1 is 1.17 bits per heavy atom. The molecule has 0 aliphatic carbocycles. The van der Waals surface area contributed by atoms with Crippen LogP contribution in [0.15, 0.2) is 50.4 Å². The number of rotatable bonds is 4. The zero-order valence-electron chi connectivity index (χ0n) is 12.5. The zero-order chi connectivity index (χ0) is 15.5. The van der Waals surface area contributed by atoms with E-state index in [9.17, 15) is 0 Å². The predicted octanol–water partition coefficient (Wildman–Crippen LogP) is 3.61. The van der Waals surface area contributed by atoms with E-state index >= 15 is 0 Å². The van der Waals surface area contributed by atoms with E-state index in [0.29, 0.717) is 17.5 Å². The lowest BCUT2D eigenvalue weighted by Gasteiger charge is -1.98. The van der Waals surface area contributed by atoms with Crippen molar-refractivity contribution in [1.82, 2.24) is 14.9 Å². The quantitative estimate of drug-likeness (QED) is 0.372. The summed E-state index contributed by atoms with van der Waals surface area (Å²) in [5.74, 6) is 8.03. The van der Waals surface area contributed by atoms with Crippen LogP contribution in [0.25, 0.3) is 11.3 Å². The number of furan rings is 1. The number of hydrogen-bond acceptors (Lipinski definition) is 6. The van der Waals surface area contributed by atoms with Gasteiger partial charge < -0.3 is 10.3 Å². The molecule has 0 radical (unpaired) electrons. The Bertz CT molecular complexity index is 815. The Hall–Kier alpha value is -2.03. The maximum Gasteiger partial charge on any atom is 0.263 e. The van der Waals surface area contributed by atoms with Gasteiger partial charge in [0.25, 0.3) is 5.95 Å². The van der Waals surface area contributed by atoms with Crippen LogP contribution in [0.5, 0.6) is 0 Å². The highest BCUT2D eigenvalue weighted by Crippen LogP contribution is 2.23. The molecule has 3 aromatic rings. The standard InChI is InChI=1S/C14H13BrN6O.2ClH/c1-9-18-20-14(21(9)16)19-17-8-12-6-7-13(22-12)10-2-4-11(15)5-3-10;;/h2-8H,16H2,1H3,(H,19,20);2*1H/b17-8+;;.